The number of hydrogen-bond donors (Lipinski definition) is 1. The molecular formula is C13H22N2O2S. The molecule has 1 aromatic heterocycles. The number of aromatic nitrogens is 1. The molecule has 5 heteroatoms. The van der Waals surface area contributed by atoms with Crippen LogP contribution in [-0.2, 0) is 22.4 Å². The van der Waals surface area contributed by atoms with Crippen molar-refractivity contribution in [2.45, 2.75) is 38.8 Å². The van der Waals surface area contributed by atoms with E-state index < -0.39 is 0 Å². The Morgan fingerprint density at radius 3 is 3.11 bits per heavy atom. The zero-order chi connectivity index (χ0) is 12.8. The lowest BCUT2D eigenvalue weighted by atomic mass is 10.2. The molecule has 102 valence electrons. The van der Waals surface area contributed by atoms with Gasteiger partial charge in [0.2, 0.25) is 0 Å². The van der Waals surface area contributed by atoms with Crippen molar-refractivity contribution in [2.24, 2.45) is 0 Å². The molecule has 0 radical (unpaired) electrons. The third-order valence-electron chi connectivity index (χ3n) is 3.10. The molecule has 1 fully saturated rings. The Balaban J connectivity index is 1.95. The highest BCUT2D eigenvalue weighted by Crippen LogP contribution is 2.33. The molecule has 0 spiro atoms. The molecule has 0 aromatic carbocycles. The summed E-state index contributed by atoms with van der Waals surface area (Å²) in [6.45, 7) is 5.56. The standard InChI is InChI=1S/C13H22N2O2S/c1-3-10-12(9-14-6-8-16-2)18-13(15-10)11-5-4-7-17-11/h11,14H,3-9H2,1-2H3. The van der Waals surface area contributed by atoms with Gasteiger partial charge in [0.15, 0.2) is 0 Å². The van der Waals surface area contributed by atoms with Crippen LogP contribution in [0.15, 0.2) is 0 Å². The first kappa shape index (κ1) is 13.9. The van der Waals surface area contributed by atoms with Gasteiger partial charge in [0.1, 0.15) is 11.1 Å². The summed E-state index contributed by atoms with van der Waals surface area (Å²) in [5, 5.41) is 4.55. The van der Waals surface area contributed by atoms with E-state index >= 15 is 0 Å². The molecule has 2 heterocycles. The van der Waals surface area contributed by atoms with Crippen molar-refractivity contribution >= 4 is 11.3 Å². The van der Waals surface area contributed by atoms with E-state index in [1.54, 1.807) is 18.4 Å². The van der Waals surface area contributed by atoms with Crippen LogP contribution in [0.5, 0.6) is 0 Å². The Morgan fingerprint density at radius 2 is 2.44 bits per heavy atom. The van der Waals surface area contributed by atoms with Crippen molar-refractivity contribution in [2.75, 3.05) is 26.9 Å². The molecular weight excluding hydrogens is 248 g/mol. The molecule has 1 saturated heterocycles. The van der Waals surface area contributed by atoms with E-state index in [-0.39, 0.29) is 6.10 Å². The second-order valence-electron chi connectivity index (χ2n) is 4.45. The first-order valence-electron chi connectivity index (χ1n) is 6.65. The van der Waals surface area contributed by atoms with E-state index in [2.05, 4.69) is 12.2 Å². The van der Waals surface area contributed by atoms with Crippen molar-refractivity contribution in [1.29, 1.82) is 0 Å². The molecule has 4 nitrogen and oxygen atoms in total. The van der Waals surface area contributed by atoms with Gasteiger partial charge >= 0.3 is 0 Å². The van der Waals surface area contributed by atoms with Crippen LogP contribution in [0.1, 0.15) is 41.4 Å². The lowest BCUT2D eigenvalue weighted by molar-refractivity contribution is 0.111. The average molecular weight is 270 g/mol. The SMILES string of the molecule is CCc1nc(C2CCCO2)sc1CNCCOC. The van der Waals surface area contributed by atoms with Crippen LogP contribution in [0.25, 0.3) is 0 Å². The Morgan fingerprint density at radius 1 is 1.56 bits per heavy atom. The fourth-order valence-electron chi connectivity index (χ4n) is 2.10. The smallest absolute Gasteiger partial charge is 0.122 e. The van der Waals surface area contributed by atoms with Gasteiger partial charge < -0.3 is 14.8 Å². The van der Waals surface area contributed by atoms with Crippen molar-refractivity contribution < 1.29 is 9.47 Å². The summed E-state index contributed by atoms with van der Waals surface area (Å²) in [6, 6.07) is 0. The number of nitrogens with zero attached hydrogens (tertiary/aromatic N) is 1. The Bertz CT molecular complexity index is 362. The van der Waals surface area contributed by atoms with E-state index in [0.717, 1.165) is 50.6 Å². The molecule has 2 rings (SSSR count). The average Bonchev–Trinajstić information content (AvgIpc) is 3.03. The molecule has 0 saturated carbocycles. The largest absolute Gasteiger partial charge is 0.383 e. The normalized spacial score (nSPS) is 19.6. The predicted molar refractivity (Wildman–Crippen MR) is 73.0 cm³/mol. The minimum atomic E-state index is 0.244. The Kier molecular flexibility index (Phi) is 5.56. The highest BCUT2D eigenvalue weighted by molar-refractivity contribution is 7.11. The van der Waals surface area contributed by atoms with Crippen LogP contribution in [0.3, 0.4) is 0 Å². The number of thiazole rings is 1. The number of hydrogen-bond acceptors (Lipinski definition) is 5. The topological polar surface area (TPSA) is 43.4 Å². The van der Waals surface area contributed by atoms with Crippen molar-refractivity contribution in [3.8, 4) is 0 Å². The maximum absolute atomic E-state index is 5.70. The fraction of sp³-hybridized carbons (Fsp3) is 0.769. The quantitative estimate of drug-likeness (QED) is 0.772. The Labute approximate surface area is 113 Å². The summed E-state index contributed by atoms with van der Waals surface area (Å²) in [7, 11) is 1.72. The van der Waals surface area contributed by atoms with Crippen LogP contribution >= 0.6 is 11.3 Å². The number of nitrogens with one attached hydrogen (secondary N) is 1. The maximum Gasteiger partial charge on any atom is 0.122 e. The highest BCUT2D eigenvalue weighted by Gasteiger charge is 2.22. The Hall–Kier alpha value is -0.490. The van der Waals surface area contributed by atoms with Crippen LogP contribution in [0.2, 0.25) is 0 Å². The van der Waals surface area contributed by atoms with Gasteiger partial charge in [0, 0.05) is 31.7 Å². The van der Waals surface area contributed by atoms with E-state index in [4.69, 9.17) is 14.5 Å². The molecule has 1 aliphatic heterocycles. The number of ether oxygens (including phenoxy) is 2. The van der Waals surface area contributed by atoms with Gasteiger partial charge in [-0.1, -0.05) is 6.92 Å². The van der Waals surface area contributed by atoms with Crippen LogP contribution in [0, 0.1) is 0 Å². The summed E-state index contributed by atoms with van der Waals surface area (Å²) >= 11 is 1.80. The van der Waals surface area contributed by atoms with Gasteiger partial charge in [-0.15, -0.1) is 11.3 Å². The van der Waals surface area contributed by atoms with Gasteiger partial charge in [-0.3, -0.25) is 0 Å². The monoisotopic (exact) mass is 270 g/mol. The molecule has 0 amide bonds. The van der Waals surface area contributed by atoms with Crippen molar-refractivity contribution in [1.82, 2.24) is 10.3 Å². The molecule has 1 atom stereocenters. The second kappa shape index (κ2) is 7.19. The van der Waals surface area contributed by atoms with Gasteiger partial charge in [-0.2, -0.15) is 0 Å². The number of aryl methyl sites for hydroxylation is 1. The molecule has 1 aliphatic rings. The minimum Gasteiger partial charge on any atom is -0.383 e. The molecule has 0 aliphatic carbocycles. The number of rotatable bonds is 7. The van der Waals surface area contributed by atoms with Gasteiger partial charge in [0.05, 0.1) is 12.3 Å². The molecule has 18 heavy (non-hydrogen) atoms. The van der Waals surface area contributed by atoms with E-state index in [1.807, 2.05) is 0 Å². The first-order valence-corrected chi connectivity index (χ1v) is 7.46. The van der Waals surface area contributed by atoms with Crippen LogP contribution in [0.4, 0.5) is 0 Å². The van der Waals surface area contributed by atoms with Crippen molar-refractivity contribution in [3.05, 3.63) is 15.6 Å². The summed E-state index contributed by atoms with van der Waals surface area (Å²) in [6.07, 6.45) is 3.51. The predicted octanol–water partition coefficient (Wildman–Crippen LogP) is 2.29. The third-order valence-corrected chi connectivity index (χ3v) is 4.29. The van der Waals surface area contributed by atoms with E-state index in [9.17, 15) is 0 Å². The van der Waals surface area contributed by atoms with Crippen LogP contribution < -0.4 is 5.32 Å². The van der Waals surface area contributed by atoms with Gasteiger partial charge in [-0.25, -0.2) is 4.98 Å². The molecule has 1 N–H and O–H groups in total. The molecule has 0 bridgehead atoms. The molecule has 1 aromatic rings. The van der Waals surface area contributed by atoms with Crippen LogP contribution in [-0.4, -0.2) is 31.9 Å². The van der Waals surface area contributed by atoms with Crippen molar-refractivity contribution in [3.63, 3.8) is 0 Å². The fourth-order valence-corrected chi connectivity index (χ4v) is 3.31. The van der Waals surface area contributed by atoms with E-state index in [0.29, 0.717) is 0 Å². The lowest BCUT2D eigenvalue weighted by Gasteiger charge is -2.03. The van der Waals surface area contributed by atoms with Gasteiger partial charge in [0.25, 0.3) is 0 Å². The van der Waals surface area contributed by atoms with Gasteiger partial charge in [-0.05, 0) is 19.3 Å². The zero-order valence-electron chi connectivity index (χ0n) is 11.2. The maximum atomic E-state index is 5.70. The highest BCUT2D eigenvalue weighted by atomic mass is 32.1. The number of methoxy groups -OCH3 is 1. The lowest BCUT2D eigenvalue weighted by Crippen LogP contribution is -2.18. The van der Waals surface area contributed by atoms with E-state index in [1.165, 1.54) is 10.6 Å². The summed E-state index contributed by atoms with van der Waals surface area (Å²) in [5.41, 5.74) is 1.22. The summed E-state index contributed by atoms with van der Waals surface area (Å²) < 4.78 is 10.7. The third kappa shape index (κ3) is 3.51. The summed E-state index contributed by atoms with van der Waals surface area (Å²) in [5.74, 6) is 0. The zero-order valence-corrected chi connectivity index (χ0v) is 12.0. The second-order valence-corrected chi connectivity index (χ2v) is 5.56. The first-order chi connectivity index (χ1) is 8.85. The molecule has 1 unspecified atom stereocenters. The minimum absolute atomic E-state index is 0.244. The summed E-state index contributed by atoms with van der Waals surface area (Å²) in [4.78, 5) is 6.08.